The van der Waals surface area contributed by atoms with Gasteiger partial charge >= 0.3 is 0 Å². The van der Waals surface area contributed by atoms with Gasteiger partial charge in [-0.3, -0.25) is 0 Å². The number of hydrogen-bond acceptors (Lipinski definition) is 1. The van der Waals surface area contributed by atoms with Crippen LogP contribution in [0.25, 0.3) is 0 Å². The Labute approximate surface area is 56.4 Å². The molecule has 0 saturated heterocycles. The highest BCUT2D eigenvalue weighted by Crippen LogP contribution is 2.11. The third kappa shape index (κ3) is 3.14. The van der Waals surface area contributed by atoms with Crippen LogP contribution in [0, 0.1) is 5.92 Å². The average molecular weight is 130 g/mol. The highest BCUT2D eigenvalue weighted by Gasteiger charge is 1.92. The summed E-state index contributed by atoms with van der Waals surface area (Å²) in [6.45, 7) is 6.59. The van der Waals surface area contributed by atoms with Crippen molar-refractivity contribution in [3.05, 3.63) is 11.0 Å². The molecule has 0 saturated carbocycles. The average Bonchev–Trinajstić information content (AvgIpc) is 1.67. The third-order valence-electron chi connectivity index (χ3n) is 1.21. The molecule has 0 spiro atoms. The molecule has 0 aliphatic carbocycles. The lowest BCUT2D eigenvalue weighted by Crippen LogP contribution is -1.85. The van der Waals surface area contributed by atoms with Crippen molar-refractivity contribution in [3.63, 3.8) is 0 Å². The van der Waals surface area contributed by atoms with Crippen molar-refractivity contribution >= 4 is 11.8 Å². The molecular formula is C7H14S. The summed E-state index contributed by atoms with van der Waals surface area (Å²) in [5, 5.41) is 2.20. The Morgan fingerprint density at radius 3 is 2.12 bits per heavy atom. The van der Waals surface area contributed by atoms with Gasteiger partial charge in [-0.05, 0) is 24.5 Å². The number of rotatable bonds is 2. The first kappa shape index (κ1) is 8.09. The molecule has 8 heavy (non-hydrogen) atoms. The summed E-state index contributed by atoms with van der Waals surface area (Å²) in [6, 6.07) is 0. The maximum absolute atomic E-state index is 2.21. The lowest BCUT2D eigenvalue weighted by Gasteiger charge is -2.01. The maximum Gasteiger partial charge on any atom is -0.0142 e. The maximum atomic E-state index is 2.21. The van der Waals surface area contributed by atoms with Crippen LogP contribution in [0.4, 0.5) is 0 Å². The van der Waals surface area contributed by atoms with E-state index < -0.39 is 0 Å². The highest BCUT2D eigenvalue weighted by atomic mass is 32.2. The highest BCUT2D eigenvalue weighted by molar-refractivity contribution is 8.01. The monoisotopic (exact) mass is 130 g/mol. The van der Waals surface area contributed by atoms with E-state index in [4.69, 9.17) is 0 Å². The number of hydrogen-bond donors (Lipinski definition) is 0. The zero-order valence-corrected chi connectivity index (χ0v) is 6.88. The molecule has 0 rings (SSSR count). The van der Waals surface area contributed by atoms with Crippen molar-refractivity contribution in [2.75, 3.05) is 6.26 Å². The zero-order valence-electron chi connectivity index (χ0n) is 6.06. The Hall–Kier alpha value is 0.0900. The quantitative estimate of drug-likeness (QED) is 0.554. The number of thioether (sulfide) groups is 1. The van der Waals surface area contributed by atoms with Crippen LogP contribution >= 0.6 is 11.8 Å². The largest absolute Gasteiger partial charge is 0.138 e. The molecule has 0 bridgehead atoms. The van der Waals surface area contributed by atoms with Crippen LogP contribution in [0.15, 0.2) is 11.0 Å². The Kier molecular flexibility index (Phi) is 4.06. The lowest BCUT2D eigenvalue weighted by molar-refractivity contribution is 0.772. The molecule has 0 radical (unpaired) electrons. The van der Waals surface area contributed by atoms with Crippen molar-refractivity contribution in [1.29, 1.82) is 0 Å². The summed E-state index contributed by atoms with van der Waals surface area (Å²) in [5.74, 6) is 0.711. The van der Waals surface area contributed by atoms with E-state index in [9.17, 15) is 0 Å². The first-order valence-corrected chi connectivity index (χ1v) is 4.16. The summed E-state index contributed by atoms with van der Waals surface area (Å²) < 4.78 is 0. The van der Waals surface area contributed by atoms with Crippen LogP contribution in [0.3, 0.4) is 0 Å². The Balaban J connectivity index is 3.61. The van der Waals surface area contributed by atoms with Gasteiger partial charge in [0.05, 0.1) is 0 Å². The topological polar surface area (TPSA) is 0 Å². The molecule has 0 aromatic heterocycles. The second-order valence-electron chi connectivity index (χ2n) is 2.25. The van der Waals surface area contributed by atoms with Gasteiger partial charge in [-0.2, -0.15) is 0 Å². The lowest BCUT2D eigenvalue weighted by atomic mass is 10.1. The minimum Gasteiger partial charge on any atom is -0.138 e. The van der Waals surface area contributed by atoms with Crippen LogP contribution in [-0.4, -0.2) is 6.26 Å². The summed E-state index contributed by atoms with van der Waals surface area (Å²) >= 11 is 1.78. The van der Waals surface area contributed by atoms with E-state index in [2.05, 4.69) is 32.4 Å². The van der Waals surface area contributed by atoms with Crippen LogP contribution in [0.2, 0.25) is 0 Å². The fourth-order valence-electron chi connectivity index (χ4n) is 0.322. The van der Waals surface area contributed by atoms with E-state index in [0.29, 0.717) is 5.92 Å². The van der Waals surface area contributed by atoms with Crippen molar-refractivity contribution in [2.45, 2.75) is 20.8 Å². The first-order chi connectivity index (χ1) is 3.68. The van der Waals surface area contributed by atoms with Gasteiger partial charge in [0.2, 0.25) is 0 Å². The Bertz CT molecular complexity index is 82.4. The van der Waals surface area contributed by atoms with E-state index in [1.165, 1.54) is 5.57 Å². The van der Waals surface area contributed by atoms with Crippen LogP contribution in [0.5, 0.6) is 0 Å². The SMILES string of the molecule is CS/C=C(/C)C(C)C. The minimum atomic E-state index is 0.711. The predicted molar refractivity (Wildman–Crippen MR) is 42.1 cm³/mol. The van der Waals surface area contributed by atoms with Gasteiger partial charge in [-0.25, -0.2) is 0 Å². The van der Waals surface area contributed by atoms with E-state index in [-0.39, 0.29) is 0 Å². The van der Waals surface area contributed by atoms with Gasteiger partial charge in [-0.15, -0.1) is 11.8 Å². The molecule has 0 amide bonds. The zero-order chi connectivity index (χ0) is 6.57. The van der Waals surface area contributed by atoms with Gasteiger partial charge in [0.25, 0.3) is 0 Å². The molecular weight excluding hydrogens is 116 g/mol. The minimum absolute atomic E-state index is 0.711. The van der Waals surface area contributed by atoms with Crippen molar-refractivity contribution < 1.29 is 0 Å². The molecule has 0 N–H and O–H groups in total. The summed E-state index contributed by atoms with van der Waals surface area (Å²) in [5.41, 5.74) is 1.47. The molecule has 1 heteroatoms. The van der Waals surface area contributed by atoms with Gasteiger partial charge in [-0.1, -0.05) is 19.4 Å². The summed E-state index contributed by atoms with van der Waals surface area (Å²) in [4.78, 5) is 0. The smallest absolute Gasteiger partial charge is 0.0142 e. The Morgan fingerprint density at radius 2 is 2.00 bits per heavy atom. The molecule has 0 nitrogen and oxygen atoms in total. The molecule has 0 aliphatic heterocycles. The summed E-state index contributed by atoms with van der Waals surface area (Å²) in [6.07, 6.45) is 2.09. The first-order valence-electron chi connectivity index (χ1n) is 2.88. The second-order valence-corrected chi connectivity index (χ2v) is 2.96. The fourth-order valence-corrected chi connectivity index (χ4v) is 0.966. The summed E-state index contributed by atoms with van der Waals surface area (Å²) in [7, 11) is 0. The molecule has 0 unspecified atom stereocenters. The molecule has 0 aromatic carbocycles. The van der Waals surface area contributed by atoms with Gasteiger partial charge in [0.15, 0.2) is 0 Å². The van der Waals surface area contributed by atoms with E-state index in [0.717, 1.165) is 0 Å². The molecule has 0 fully saturated rings. The normalized spacial score (nSPS) is 12.9. The van der Waals surface area contributed by atoms with Crippen molar-refractivity contribution in [1.82, 2.24) is 0 Å². The third-order valence-corrected chi connectivity index (χ3v) is 1.82. The van der Waals surface area contributed by atoms with Gasteiger partial charge in [0.1, 0.15) is 0 Å². The van der Waals surface area contributed by atoms with Gasteiger partial charge in [0, 0.05) is 0 Å². The van der Waals surface area contributed by atoms with Gasteiger partial charge < -0.3 is 0 Å². The van der Waals surface area contributed by atoms with Crippen molar-refractivity contribution in [3.8, 4) is 0 Å². The van der Waals surface area contributed by atoms with Crippen LogP contribution in [-0.2, 0) is 0 Å². The van der Waals surface area contributed by atoms with E-state index >= 15 is 0 Å². The fraction of sp³-hybridized carbons (Fsp3) is 0.714. The van der Waals surface area contributed by atoms with E-state index in [1.54, 1.807) is 11.8 Å². The molecule has 0 aliphatic rings. The Morgan fingerprint density at radius 1 is 1.50 bits per heavy atom. The molecule has 0 atom stereocenters. The second kappa shape index (κ2) is 4.02. The predicted octanol–water partition coefficient (Wildman–Crippen LogP) is 2.91. The molecule has 48 valence electrons. The van der Waals surface area contributed by atoms with Crippen LogP contribution < -0.4 is 0 Å². The van der Waals surface area contributed by atoms with E-state index in [1.807, 2.05) is 0 Å². The molecule has 0 heterocycles. The standard InChI is InChI=1S/C7H14S/c1-6(2)7(3)5-8-4/h5-6H,1-4H3/b7-5-. The number of allylic oxidation sites excluding steroid dienone is 1. The van der Waals surface area contributed by atoms with Crippen LogP contribution in [0.1, 0.15) is 20.8 Å². The molecule has 0 aromatic rings. The van der Waals surface area contributed by atoms with Crippen molar-refractivity contribution in [2.24, 2.45) is 5.92 Å².